The van der Waals surface area contributed by atoms with E-state index in [-0.39, 0.29) is 12.2 Å². The molecule has 9 heteroatoms. The van der Waals surface area contributed by atoms with Crippen LogP contribution in [0.15, 0.2) is 61.2 Å². The second-order valence-electron chi connectivity index (χ2n) is 9.44. The van der Waals surface area contributed by atoms with Gasteiger partial charge in [0.2, 0.25) is 5.95 Å². The maximum absolute atomic E-state index is 11.9. The van der Waals surface area contributed by atoms with Crippen LogP contribution in [-0.4, -0.2) is 50.9 Å². The number of hydrogen-bond donors (Lipinski definition) is 1. The maximum Gasteiger partial charge on any atom is 0.411 e. The molecule has 0 saturated carbocycles. The van der Waals surface area contributed by atoms with Crippen molar-refractivity contribution in [3.8, 4) is 11.6 Å². The number of aromatic nitrogens is 4. The Bertz CT molecular complexity index is 1340. The number of carbonyl (C=O) groups excluding carboxylic acids is 1. The van der Waals surface area contributed by atoms with E-state index in [9.17, 15) is 4.79 Å². The van der Waals surface area contributed by atoms with Gasteiger partial charge in [0.15, 0.2) is 0 Å². The van der Waals surface area contributed by atoms with Crippen LogP contribution in [0.2, 0.25) is 0 Å². The molecule has 1 saturated heterocycles. The number of pyridine rings is 1. The predicted octanol–water partition coefficient (Wildman–Crippen LogP) is 5.38. The van der Waals surface area contributed by atoms with E-state index in [4.69, 9.17) is 9.47 Å². The van der Waals surface area contributed by atoms with E-state index in [1.807, 2.05) is 73.4 Å². The van der Waals surface area contributed by atoms with Crippen LogP contribution in [-0.2, 0) is 11.2 Å². The number of nitrogens with one attached hydrogen (secondary N) is 1. The minimum Gasteiger partial charge on any atom is -0.489 e. The summed E-state index contributed by atoms with van der Waals surface area (Å²) in [6.07, 6.45) is 9.82. The molecule has 0 unspecified atom stereocenters. The molecule has 1 aliphatic rings. The van der Waals surface area contributed by atoms with Crippen LogP contribution in [0, 0.1) is 0 Å². The van der Waals surface area contributed by atoms with Gasteiger partial charge in [0.1, 0.15) is 17.7 Å². The van der Waals surface area contributed by atoms with Gasteiger partial charge in [0.05, 0.1) is 17.8 Å². The highest BCUT2D eigenvalue weighted by Gasteiger charge is 2.22. The van der Waals surface area contributed by atoms with Gasteiger partial charge < -0.3 is 18.9 Å². The van der Waals surface area contributed by atoms with Crippen molar-refractivity contribution in [2.75, 3.05) is 23.3 Å². The molecule has 1 fully saturated rings. The van der Waals surface area contributed by atoms with E-state index in [1.165, 1.54) is 0 Å². The molecule has 3 aromatic heterocycles. The predicted molar refractivity (Wildman–Crippen MR) is 144 cm³/mol. The van der Waals surface area contributed by atoms with Gasteiger partial charge in [-0.15, -0.1) is 0 Å². The molecule has 0 radical (unpaired) electrons. The van der Waals surface area contributed by atoms with Crippen LogP contribution in [0.3, 0.4) is 0 Å². The third-order valence-corrected chi connectivity index (χ3v) is 6.37. The first-order valence-electron chi connectivity index (χ1n) is 12.8. The first-order valence-corrected chi connectivity index (χ1v) is 12.8. The highest BCUT2D eigenvalue weighted by atomic mass is 16.6. The van der Waals surface area contributed by atoms with Crippen molar-refractivity contribution in [2.45, 2.75) is 52.2 Å². The van der Waals surface area contributed by atoms with Crippen LogP contribution in [0.1, 0.15) is 39.2 Å². The molecule has 37 heavy (non-hydrogen) atoms. The molecule has 1 aliphatic heterocycles. The van der Waals surface area contributed by atoms with Crippen molar-refractivity contribution in [3.05, 3.63) is 66.7 Å². The summed E-state index contributed by atoms with van der Waals surface area (Å²) < 4.78 is 13.4. The third kappa shape index (κ3) is 5.82. The SMILES string of the molecule is CCc1cnc(N2CCC(Oc3ccc(-n4ccc5cc(NC(=O)OC(C)C)ccc54)nc3)CC2)nc1. The Morgan fingerprint density at radius 2 is 1.84 bits per heavy atom. The Kier molecular flexibility index (Phi) is 7.20. The van der Waals surface area contributed by atoms with Crippen molar-refractivity contribution in [2.24, 2.45) is 0 Å². The Hall–Kier alpha value is -4.14. The number of amides is 1. The zero-order chi connectivity index (χ0) is 25.8. The topological polar surface area (TPSA) is 94.4 Å². The summed E-state index contributed by atoms with van der Waals surface area (Å²) >= 11 is 0. The van der Waals surface area contributed by atoms with Crippen LogP contribution in [0.5, 0.6) is 5.75 Å². The summed E-state index contributed by atoms with van der Waals surface area (Å²) in [4.78, 5) is 27.8. The van der Waals surface area contributed by atoms with Gasteiger partial charge in [-0.2, -0.15) is 0 Å². The van der Waals surface area contributed by atoms with Crippen LogP contribution in [0.25, 0.3) is 16.7 Å². The molecule has 1 amide bonds. The fraction of sp³-hybridized carbons (Fsp3) is 0.357. The summed E-state index contributed by atoms with van der Waals surface area (Å²) in [5, 5.41) is 3.75. The van der Waals surface area contributed by atoms with Crippen molar-refractivity contribution in [1.29, 1.82) is 0 Å². The molecule has 0 atom stereocenters. The summed E-state index contributed by atoms with van der Waals surface area (Å²) in [5.41, 5.74) is 2.82. The van der Waals surface area contributed by atoms with Crippen molar-refractivity contribution >= 4 is 28.6 Å². The highest BCUT2D eigenvalue weighted by Crippen LogP contribution is 2.25. The second kappa shape index (κ2) is 10.9. The van der Waals surface area contributed by atoms with Crippen molar-refractivity contribution in [3.63, 3.8) is 0 Å². The number of nitrogens with zero attached hydrogens (tertiary/aromatic N) is 5. The lowest BCUT2D eigenvalue weighted by Gasteiger charge is -2.32. The largest absolute Gasteiger partial charge is 0.489 e. The van der Waals surface area contributed by atoms with Gasteiger partial charge >= 0.3 is 6.09 Å². The Balaban J connectivity index is 1.19. The van der Waals surface area contributed by atoms with Gasteiger partial charge in [-0.05, 0) is 62.2 Å². The molecule has 0 bridgehead atoms. The van der Waals surface area contributed by atoms with Gasteiger partial charge in [0, 0.05) is 55.6 Å². The van der Waals surface area contributed by atoms with E-state index < -0.39 is 6.09 Å². The van der Waals surface area contributed by atoms with E-state index in [1.54, 1.807) is 6.20 Å². The van der Waals surface area contributed by atoms with E-state index in [0.717, 1.165) is 66.3 Å². The lowest BCUT2D eigenvalue weighted by atomic mass is 10.1. The summed E-state index contributed by atoms with van der Waals surface area (Å²) in [6, 6.07) is 11.6. The summed E-state index contributed by atoms with van der Waals surface area (Å²) in [6.45, 7) is 7.47. The maximum atomic E-state index is 11.9. The molecule has 1 aromatic carbocycles. The summed E-state index contributed by atoms with van der Waals surface area (Å²) in [5.74, 6) is 2.35. The monoisotopic (exact) mass is 500 g/mol. The number of hydrogen-bond acceptors (Lipinski definition) is 7. The number of rotatable bonds is 7. The highest BCUT2D eigenvalue weighted by molar-refractivity contribution is 5.91. The third-order valence-electron chi connectivity index (χ3n) is 6.37. The van der Waals surface area contributed by atoms with E-state index in [0.29, 0.717) is 5.69 Å². The van der Waals surface area contributed by atoms with Crippen molar-refractivity contribution < 1.29 is 14.3 Å². The number of fused-ring (bicyclic) bond motifs is 1. The average Bonchev–Trinajstić information content (AvgIpc) is 3.32. The lowest BCUT2D eigenvalue weighted by Crippen LogP contribution is -2.39. The Labute approximate surface area is 216 Å². The molecular weight excluding hydrogens is 468 g/mol. The molecule has 0 aliphatic carbocycles. The van der Waals surface area contributed by atoms with Crippen molar-refractivity contribution in [1.82, 2.24) is 19.5 Å². The van der Waals surface area contributed by atoms with E-state index >= 15 is 0 Å². The number of benzene rings is 1. The first-order chi connectivity index (χ1) is 18.0. The standard InChI is InChI=1S/C28H32N6O3/c1-4-20-16-30-27(31-17-20)33-12-10-23(11-13-33)37-24-6-8-26(29-18-24)34-14-9-21-15-22(5-7-25(21)34)32-28(35)36-19(2)3/h5-9,14-19,23H,4,10-13H2,1-3H3,(H,32,35). The Morgan fingerprint density at radius 3 is 2.51 bits per heavy atom. The smallest absolute Gasteiger partial charge is 0.411 e. The molecule has 4 heterocycles. The molecule has 0 spiro atoms. The first kappa shape index (κ1) is 24.5. The molecule has 5 rings (SSSR count). The Morgan fingerprint density at radius 1 is 1.05 bits per heavy atom. The fourth-order valence-corrected chi connectivity index (χ4v) is 4.43. The number of piperidine rings is 1. The minimum absolute atomic E-state index is 0.138. The van der Waals surface area contributed by atoms with Crippen LogP contribution in [0.4, 0.5) is 16.4 Å². The summed E-state index contributed by atoms with van der Waals surface area (Å²) in [7, 11) is 0. The number of aryl methyl sites for hydroxylation is 1. The molecule has 1 N–H and O–H groups in total. The normalized spacial score (nSPS) is 14.2. The number of anilines is 2. The molecular formula is C28H32N6O3. The van der Waals surface area contributed by atoms with Gasteiger partial charge in [-0.3, -0.25) is 5.32 Å². The number of ether oxygens (including phenoxy) is 2. The molecule has 9 nitrogen and oxygen atoms in total. The van der Waals surface area contributed by atoms with Crippen LogP contribution < -0.4 is 15.0 Å². The fourth-order valence-electron chi connectivity index (χ4n) is 4.43. The van der Waals surface area contributed by atoms with Gasteiger partial charge in [-0.25, -0.2) is 19.7 Å². The minimum atomic E-state index is -0.462. The second-order valence-corrected chi connectivity index (χ2v) is 9.44. The van der Waals surface area contributed by atoms with E-state index in [2.05, 4.69) is 32.1 Å². The molecule has 192 valence electrons. The molecule has 4 aromatic rings. The quantitative estimate of drug-likeness (QED) is 0.364. The zero-order valence-electron chi connectivity index (χ0n) is 21.4. The van der Waals surface area contributed by atoms with Gasteiger partial charge in [-0.1, -0.05) is 6.92 Å². The van der Waals surface area contributed by atoms with Gasteiger partial charge in [0.25, 0.3) is 0 Å². The number of carbonyl (C=O) groups is 1. The zero-order valence-corrected chi connectivity index (χ0v) is 21.4. The van der Waals surface area contributed by atoms with Crippen LogP contribution >= 0.6 is 0 Å². The lowest BCUT2D eigenvalue weighted by molar-refractivity contribution is 0.130. The average molecular weight is 501 g/mol.